The van der Waals surface area contributed by atoms with Crippen molar-refractivity contribution in [3.63, 3.8) is 0 Å². The van der Waals surface area contributed by atoms with Crippen molar-refractivity contribution in [1.82, 2.24) is 20.2 Å². The van der Waals surface area contributed by atoms with Crippen LogP contribution in [-0.4, -0.2) is 20.2 Å². The van der Waals surface area contributed by atoms with Crippen molar-refractivity contribution in [2.45, 2.75) is 23.9 Å². The maximum Gasteiger partial charge on any atom is 0.210 e. The molecule has 21 heavy (non-hydrogen) atoms. The summed E-state index contributed by atoms with van der Waals surface area (Å²) in [5, 5.41) is 13.2. The fourth-order valence-corrected chi connectivity index (χ4v) is 3.00. The van der Waals surface area contributed by atoms with E-state index in [1.165, 1.54) is 11.1 Å². The van der Waals surface area contributed by atoms with E-state index in [9.17, 15) is 0 Å². The second-order valence-corrected chi connectivity index (χ2v) is 6.08. The minimum absolute atomic E-state index is 0.312. The topological polar surface area (TPSA) is 43.6 Å². The van der Waals surface area contributed by atoms with Crippen LogP contribution in [0, 0.1) is 0 Å². The van der Waals surface area contributed by atoms with E-state index in [0.717, 1.165) is 5.16 Å². The molecule has 5 heteroatoms. The Morgan fingerprint density at radius 2 is 1.67 bits per heavy atom. The minimum atomic E-state index is 0.312. The Kier molecular flexibility index (Phi) is 4.31. The summed E-state index contributed by atoms with van der Waals surface area (Å²) >= 11 is 1.68. The van der Waals surface area contributed by atoms with Crippen molar-refractivity contribution in [3.05, 3.63) is 71.8 Å². The second-order valence-electron chi connectivity index (χ2n) is 4.78. The highest BCUT2D eigenvalue weighted by atomic mass is 32.2. The van der Waals surface area contributed by atoms with Gasteiger partial charge in [-0.25, -0.2) is 4.68 Å². The maximum atomic E-state index is 4.14. The molecule has 0 spiro atoms. The molecule has 1 unspecified atom stereocenters. The third kappa shape index (κ3) is 3.49. The average molecular weight is 296 g/mol. The van der Waals surface area contributed by atoms with Crippen molar-refractivity contribution in [2.24, 2.45) is 0 Å². The van der Waals surface area contributed by atoms with Crippen LogP contribution in [-0.2, 0) is 6.54 Å². The van der Waals surface area contributed by atoms with E-state index < -0.39 is 0 Å². The summed E-state index contributed by atoms with van der Waals surface area (Å²) in [5.41, 5.74) is 2.47. The molecule has 0 bridgehead atoms. The van der Waals surface area contributed by atoms with Gasteiger partial charge in [0.05, 0.1) is 6.54 Å². The largest absolute Gasteiger partial charge is 0.216 e. The van der Waals surface area contributed by atoms with Gasteiger partial charge >= 0.3 is 0 Å². The number of aromatic nitrogens is 4. The quantitative estimate of drug-likeness (QED) is 0.675. The van der Waals surface area contributed by atoms with Crippen molar-refractivity contribution >= 4 is 11.8 Å². The lowest BCUT2D eigenvalue weighted by molar-refractivity contribution is 0.602. The standard InChI is InChI=1S/C16H16N4S/c1-13(15-10-6-3-7-11-15)21-16-17-18-19-20(16)12-14-8-4-2-5-9-14/h2-11,13H,12H2,1H3. The lowest BCUT2D eigenvalue weighted by Crippen LogP contribution is -2.04. The van der Waals surface area contributed by atoms with E-state index in [1.807, 2.05) is 28.9 Å². The predicted octanol–water partition coefficient (Wildman–Crippen LogP) is 3.57. The molecule has 0 saturated carbocycles. The molecule has 106 valence electrons. The fourth-order valence-electron chi connectivity index (χ4n) is 2.09. The van der Waals surface area contributed by atoms with Gasteiger partial charge < -0.3 is 0 Å². The molecule has 1 atom stereocenters. The van der Waals surface area contributed by atoms with Gasteiger partial charge in [0, 0.05) is 5.25 Å². The van der Waals surface area contributed by atoms with Gasteiger partial charge in [-0.2, -0.15) is 0 Å². The molecular weight excluding hydrogens is 280 g/mol. The number of tetrazole rings is 1. The molecule has 0 aliphatic rings. The Morgan fingerprint density at radius 3 is 2.38 bits per heavy atom. The van der Waals surface area contributed by atoms with Crippen molar-refractivity contribution in [2.75, 3.05) is 0 Å². The highest BCUT2D eigenvalue weighted by Crippen LogP contribution is 2.33. The van der Waals surface area contributed by atoms with E-state index >= 15 is 0 Å². The van der Waals surface area contributed by atoms with E-state index in [2.05, 4.69) is 58.8 Å². The first-order valence-corrected chi connectivity index (χ1v) is 7.72. The zero-order valence-corrected chi connectivity index (χ0v) is 12.6. The molecule has 3 aromatic rings. The Morgan fingerprint density at radius 1 is 1.00 bits per heavy atom. The van der Waals surface area contributed by atoms with Gasteiger partial charge in [0.15, 0.2) is 0 Å². The normalized spacial score (nSPS) is 12.2. The SMILES string of the molecule is CC(Sc1nnnn1Cc1ccccc1)c1ccccc1. The summed E-state index contributed by atoms with van der Waals surface area (Å²) in [7, 11) is 0. The van der Waals surface area contributed by atoms with Crippen LogP contribution in [0.25, 0.3) is 0 Å². The Balaban J connectivity index is 1.74. The monoisotopic (exact) mass is 296 g/mol. The first kappa shape index (κ1) is 13.8. The van der Waals surface area contributed by atoms with E-state index in [4.69, 9.17) is 0 Å². The third-order valence-corrected chi connectivity index (χ3v) is 4.35. The number of hydrogen-bond acceptors (Lipinski definition) is 4. The van der Waals surface area contributed by atoms with Gasteiger partial charge in [-0.05, 0) is 28.5 Å². The van der Waals surface area contributed by atoms with Crippen LogP contribution in [0.4, 0.5) is 0 Å². The van der Waals surface area contributed by atoms with Gasteiger partial charge in [0.25, 0.3) is 0 Å². The van der Waals surface area contributed by atoms with Crippen LogP contribution in [0.15, 0.2) is 65.8 Å². The molecule has 4 nitrogen and oxygen atoms in total. The van der Waals surface area contributed by atoms with E-state index in [-0.39, 0.29) is 0 Å². The Bertz CT molecular complexity index is 682. The molecular formula is C16H16N4S. The molecule has 0 N–H and O–H groups in total. The molecule has 0 aliphatic carbocycles. The maximum absolute atomic E-state index is 4.14. The van der Waals surface area contributed by atoms with Crippen LogP contribution < -0.4 is 0 Å². The Hall–Kier alpha value is -2.14. The van der Waals surface area contributed by atoms with E-state index in [1.54, 1.807) is 11.8 Å². The first-order valence-electron chi connectivity index (χ1n) is 6.84. The highest BCUT2D eigenvalue weighted by molar-refractivity contribution is 7.99. The van der Waals surface area contributed by atoms with Crippen LogP contribution in [0.2, 0.25) is 0 Å². The van der Waals surface area contributed by atoms with Crippen LogP contribution in [0.3, 0.4) is 0 Å². The molecule has 0 aliphatic heterocycles. The molecule has 0 fully saturated rings. The van der Waals surface area contributed by atoms with Crippen molar-refractivity contribution in [1.29, 1.82) is 0 Å². The van der Waals surface area contributed by atoms with Crippen LogP contribution in [0.5, 0.6) is 0 Å². The summed E-state index contributed by atoms with van der Waals surface area (Å²) in [5.74, 6) is 0. The molecule has 0 saturated heterocycles. The molecule has 1 heterocycles. The Labute approximate surface area is 128 Å². The lowest BCUT2D eigenvalue weighted by atomic mass is 10.2. The zero-order chi connectivity index (χ0) is 14.5. The second kappa shape index (κ2) is 6.54. The first-order chi connectivity index (χ1) is 10.3. The van der Waals surface area contributed by atoms with Gasteiger partial charge in [0.1, 0.15) is 0 Å². The molecule has 0 amide bonds. The zero-order valence-electron chi connectivity index (χ0n) is 11.8. The minimum Gasteiger partial charge on any atom is -0.216 e. The molecule has 2 aromatic carbocycles. The predicted molar refractivity (Wildman–Crippen MR) is 84.1 cm³/mol. The molecule has 1 aromatic heterocycles. The average Bonchev–Trinajstić information content (AvgIpc) is 2.96. The number of benzene rings is 2. The summed E-state index contributed by atoms with van der Waals surface area (Å²) in [4.78, 5) is 0. The summed E-state index contributed by atoms with van der Waals surface area (Å²) in [6.45, 7) is 2.86. The highest BCUT2D eigenvalue weighted by Gasteiger charge is 2.13. The van der Waals surface area contributed by atoms with Crippen molar-refractivity contribution < 1.29 is 0 Å². The summed E-state index contributed by atoms with van der Waals surface area (Å²) in [6, 6.07) is 20.6. The summed E-state index contributed by atoms with van der Waals surface area (Å²) < 4.78 is 1.85. The molecule has 3 rings (SSSR count). The number of thioether (sulfide) groups is 1. The number of rotatable bonds is 5. The van der Waals surface area contributed by atoms with Gasteiger partial charge in [0.2, 0.25) is 5.16 Å². The number of hydrogen-bond donors (Lipinski definition) is 0. The smallest absolute Gasteiger partial charge is 0.210 e. The van der Waals surface area contributed by atoms with Crippen LogP contribution >= 0.6 is 11.8 Å². The van der Waals surface area contributed by atoms with Gasteiger partial charge in [-0.15, -0.1) is 5.10 Å². The third-order valence-electron chi connectivity index (χ3n) is 3.23. The van der Waals surface area contributed by atoms with E-state index in [0.29, 0.717) is 11.8 Å². The van der Waals surface area contributed by atoms with Gasteiger partial charge in [-0.3, -0.25) is 0 Å². The number of nitrogens with zero attached hydrogens (tertiary/aromatic N) is 4. The molecule has 0 radical (unpaired) electrons. The van der Waals surface area contributed by atoms with Gasteiger partial charge in [-0.1, -0.05) is 72.4 Å². The van der Waals surface area contributed by atoms with Crippen molar-refractivity contribution in [3.8, 4) is 0 Å². The summed E-state index contributed by atoms with van der Waals surface area (Å²) in [6.07, 6.45) is 0. The van der Waals surface area contributed by atoms with Crippen LogP contribution in [0.1, 0.15) is 23.3 Å². The lowest BCUT2D eigenvalue weighted by Gasteiger charge is -2.11. The fraction of sp³-hybridized carbons (Fsp3) is 0.188.